The third kappa shape index (κ3) is 2.79. The molecular weight excluding hydrogens is 340 g/mol. The number of carbonyl (C=O) groups is 1. The lowest BCUT2D eigenvalue weighted by atomic mass is 9.98. The number of hydrogen-bond acceptors (Lipinski definition) is 4. The van der Waals surface area contributed by atoms with Gasteiger partial charge in [0.1, 0.15) is 5.75 Å². The number of nitrogens with zero attached hydrogens (tertiary/aromatic N) is 1. The fourth-order valence-corrected chi connectivity index (χ4v) is 4.77. The molecule has 2 aliphatic heterocycles. The molecule has 1 fully saturated rings. The lowest BCUT2D eigenvalue weighted by molar-refractivity contribution is -0.0155. The van der Waals surface area contributed by atoms with Gasteiger partial charge in [0.2, 0.25) is 10.0 Å². The third-order valence-corrected chi connectivity index (χ3v) is 6.60. The Balaban J connectivity index is 1.54. The maximum Gasteiger partial charge on any atom is 0.258 e. The van der Waals surface area contributed by atoms with Gasteiger partial charge in [-0.25, -0.2) is 8.42 Å². The Hall–Kier alpha value is -2.38. The van der Waals surface area contributed by atoms with Crippen LogP contribution in [0.25, 0.3) is 0 Å². The molecule has 0 aromatic heterocycles. The van der Waals surface area contributed by atoms with Crippen LogP contribution in [0.4, 0.5) is 0 Å². The van der Waals surface area contributed by atoms with Crippen LogP contribution in [-0.2, 0) is 10.0 Å². The summed E-state index contributed by atoms with van der Waals surface area (Å²) in [7, 11) is -3.53. The third-order valence-electron chi connectivity index (χ3n) is 4.69. The normalized spacial score (nSPS) is 19.8. The summed E-state index contributed by atoms with van der Waals surface area (Å²) < 4.78 is 32.9. The van der Waals surface area contributed by atoms with Gasteiger partial charge in [0, 0.05) is 25.9 Å². The Kier molecular flexibility index (Phi) is 3.77. The molecule has 6 nitrogen and oxygen atoms in total. The van der Waals surface area contributed by atoms with Crippen LogP contribution in [0.1, 0.15) is 23.2 Å². The van der Waals surface area contributed by atoms with Crippen LogP contribution in [0, 0.1) is 0 Å². The predicted octanol–water partition coefficient (Wildman–Crippen LogP) is 1.99. The lowest BCUT2D eigenvalue weighted by Crippen LogP contribution is -2.61. The van der Waals surface area contributed by atoms with Gasteiger partial charge in [-0.1, -0.05) is 30.3 Å². The molecule has 0 aliphatic carbocycles. The highest BCUT2D eigenvalue weighted by Gasteiger charge is 2.44. The zero-order chi connectivity index (χ0) is 17.5. The molecule has 2 heterocycles. The second-order valence-corrected chi connectivity index (χ2v) is 8.20. The molecule has 130 valence electrons. The SMILES string of the molecule is O=C1NC2(CCN(S(=O)(=O)c3ccccc3)CC2)Oc2ccccc21. The van der Waals surface area contributed by atoms with E-state index in [9.17, 15) is 13.2 Å². The Bertz CT molecular complexity index is 904. The summed E-state index contributed by atoms with van der Waals surface area (Å²) in [5.41, 5.74) is -0.332. The van der Waals surface area contributed by atoms with Crippen molar-refractivity contribution in [1.82, 2.24) is 9.62 Å². The van der Waals surface area contributed by atoms with Crippen molar-refractivity contribution in [2.75, 3.05) is 13.1 Å². The van der Waals surface area contributed by atoms with Crippen LogP contribution in [0.3, 0.4) is 0 Å². The van der Waals surface area contributed by atoms with Gasteiger partial charge in [0.05, 0.1) is 10.5 Å². The molecule has 1 N–H and O–H groups in total. The highest BCUT2D eigenvalue weighted by Crippen LogP contribution is 2.34. The van der Waals surface area contributed by atoms with Crippen LogP contribution in [-0.4, -0.2) is 37.4 Å². The fraction of sp³-hybridized carbons (Fsp3) is 0.278. The van der Waals surface area contributed by atoms with Gasteiger partial charge in [0.15, 0.2) is 5.72 Å². The fourth-order valence-electron chi connectivity index (χ4n) is 3.31. The lowest BCUT2D eigenvalue weighted by Gasteiger charge is -2.44. The Morgan fingerprint density at radius 1 is 0.960 bits per heavy atom. The molecule has 1 spiro atoms. The summed E-state index contributed by atoms with van der Waals surface area (Å²) in [6.07, 6.45) is 0.804. The van der Waals surface area contributed by atoms with E-state index >= 15 is 0 Å². The standard InChI is InChI=1S/C18H18N2O4S/c21-17-15-8-4-5-9-16(15)24-18(19-17)10-12-20(13-11-18)25(22,23)14-6-2-1-3-7-14/h1-9H,10-13H2,(H,19,21). The molecule has 1 saturated heterocycles. The number of carbonyl (C=O) groups excluding carboxylic acids is 1. The van der Waals surface area contributed by atoms with E-state index in [1.165, 1.54) is 4.31 Å². The van der Waals surface area contributed by atoms with E-state index in [1.54, 1.807) is 48.5 Å². The van der Waals surface area contributed by atoms with E-state index < -0.39 is 15.7 Å². The summed E-state index contributed by atoms with van der Waals surface area (Å²) in [4.78, 5) is 12.6. The first-order chi connectivity index (χ1) is 12.0. The molecule has 2 aromatic rings. The number of amides is 1. The topological polar surface area (TPSA) is 75.7 Å². The number of hydrogen-bond donors (Lipinski definition) is 1. The van der Waals surface area contributed by atoms with E-state index in [0.717, 1.165) is 0 Å². The van der Waals surface area contributed by atoms with E-state index in [0.29, 0.717) is 37.2 Å². The maximum absolute atomic E-state index is 12.7. The average molecular weight is 358 g/mol. The number of fused-ring (bicyclic) bond motifs is 1. The van der Waals surface area contributed by atoms with Gasteiger partial charge < -0.3 is 10.1 Å². The minimum Gasteiger partial charge on any atom is -0.467 e. The van der Waals surface area contributed by atoms with Crippen molar-refractivity contribution in [1.29, 1.82) is 0 Å². The zero-order valence-corrected chi connectivity index (χ0v) is 14.3. The van der Waals surface area contributed by atoms with Crippen molar-refractivity contribution >= 4 is 15.9 Å². The molecule has 7 heteroatoms. The van der Waals surface area contributed by atoms with E-state index in [-0.39, 0.29) is 10.8 Å². The summed E-state index contributed by atoms with van der Waals surface area (Å²) in [5.74, 6) is 0.367. The van der Waals surface area contributed by atoms with Crippen molar-refractivity contribution < 1.29 is 17.9 Å². The molecule has 0 radical (unpaired) electrons. The number of nitrogens with one attached hydrogen (secondary N) is 1. The molecule has 0 atom stereocenters. The number of benzene rings is 2. The largest absolute Gasteiger partial charge is 0.467 e. The van der Waals surface area contributed by atoms with Crippen LogP contribution in [0.5, 0.6) is 5.75 Å². The number of sulfonamides is 1. The predicted molar refractivity (Wildman–Crippen MR) is 91.7 cm³/mol. The Morgan fingerprint density at radius 3 is 2.32 bits per heavy atom. The summed E-state index contributed by atoms with van der Waals surface area (Å²) in [6.45, 7) is 0.583. The van der Waals surface area contributed by atoms with Crippen LogP contribution >= 0.6 is 0 Å². The van der Waals surface area contributed by atoms with E-state index in [1.807, 2.05) is 6.07 Å². The second kappa shape index (κ2) is 5.86. The molecule has 2 aromatic carbocycles. The molecule has 4 rings (SSSR count). The molecule has 0 unspecified atom stereocenters. The van der Waals surface area contributed by atoms with Crippen LogP contribution < -0.4 is 10.1 Å². The van der Waals surface area contributed by atoms with Crippen LogP contribution in [0.15, 0.2) is 59.5 Å². The zero-order valence-electron chi connectivity index (χ0n) is 13.5. The minimum atomic E-state index is -3.53. The van der Waals surface area contributed by atoms with Crippen molar-refractivity contribution in [2.45, 2.75) is 23.5 Å². The molecule has 1 amide bonds. The second-order valence-electron chi connectivity index (χ2n) is 6.26. The first-order valence-corrected chi connectivity index (χ1v) is 9.60. The Labute approximate surface area is 146 Å². The highest BCUT2D eigenvalue weighted by atomic mass is 32.2. The van der Waals surface area contributed by atoms with Crippen LogP contribution in [0.2, 0.25) is 0 Å². The summed E-state index contributed by atoms with van der Waals surface area (Å²) in [5, 5.41) is 2.92. The smallest absolute Gasteiger partial charge is 0.258 e. The number of para-hydroxylation sites is 1. The van der Waals surface area contributed by atoms with Crippen molar-refractivity contribution in [3.05, 3.63) is 60.2 Å². The van der Waals surface area contributed by atoms with Crippen molar-refractivity contribution in [3.8, 4) is 5.75 Å². The van der Waals surface area contributed by atoms with Gasteiger partial charge >= 0.3 is 0 Å². The Morgan fingerprint density at radius 2 is 1.60 bits per heavy atom. The molecular formula is C18H18N2O4S. The average Bonchev–Trinajstić information content (AvgIpc) is 2.63. The monoisotopic (exact) mass is 358 g/mol. The molecule has 25 heavy (non-hydrogen) atoms. The maximum atomic E-state index is 12.7. The number of rotatable bonds is 2. The minimum absolute atomic E-state index is 0.179. The highest BCUT2D eigenvalue weighted by molar-refractivity contribution is 7.89. The quantitative estimate of drug-likeness (QED) is 0.891. The first kappa shape index (κ1) is 16.1. The molecule has 0 saturated carbocycles. The number of piperidine rings is 1. The molecule has 0 bridgehead atoms. The van der Waals surface area contributed by atoms with E-state index in [2.05, 4.69) is 5.32 Å². The van der Waals surface area contributed by atoms with Crippen molar-refractivity contribution in [3.63, 3.8) is 0 Å². The van der Waals surface area contributed by atoms with Gasteiger partial charge in [-0.3, -0.25) is 4.79 Å². The van der Waals surface area contributed by atoms with Gasteiger partial charge in [-0.05, 0) is 24.3 Å². The van der Waals surface area contributed by atoms with Gasteiger partial charge in [-0.15, -0.1) is 0 Å². The van der Waals surface area contributed by atoms with Gasteiger partial charge in [-0.2, -0.15) is 4.31 Å². The molecule has 2 aliphatic rings. The van der Waals surface area contributed by atoms with Gasteiger partial charge in [0.25, 0.3) is 5.91 Å². The van der Waals surface area contributed by atoms with E-state index in [4.69, 9.17) is 4.74 Å². The first-order valence-electron chi connectivity index (χ1n) is 8.16. The van der Waals surface area contributed by atoms with Crippen molar-refractivity contribution in [2.24, 2.45) is 0 Å². The summed E-state index contributed by atoms with van der Waals surface area (Å²) in [6, 6.07) is 15.5. The number of ether oxygens (including phenoxy) is 1. The summed E-state index contributed by atoms with van der Waals surface area (Å²) >= 11 is 0.